The topological polar surface area (TPSA) is 75.5 Å². The number of benzene rings is 2. The van der Waals surface area contributed by atoms with Crippen LogP contribution in [0.4, 0.5) is 5.69 Å². The van der Waals surface area contributed by atoms with Gasteiger partial charge >= 0.3 is 0 Å². The lowest BCUT2D eigenvalue weighted by Crippen LogP contribution is -2.37. The Morgan fingerprint density at radius 2 is 1.73 bits per heavy atom. The van der Waals surface area contributed by atoms with Crippen LogP contribution in [-0.4, -0.2) is 35.4 Å². The molecule has 6 heteroatoms. The van der Waals surface area contributed by atoms with E-state index in [1.807, 2.05) is 18.2 Å². The van der Waals surface area contributed by atoms with Gasteiger partial charge in [-0.2, -0.15) is 0 Å². The van der Waals surface area contributed by atoms with Crippen LogP contribution < -0.4 is 5.32 Å². The van der Waals surface area contributed by atoms with E-state index in [2.05, 4.69) is 22.3 Å². The van der Waals surface area contributed by atoms with Gasteiger partial charge in [0.25, 0.3) is 5.69 Å². The van der Waals surface area contributed by atoms with Crippen molar-refractivity contribution in [2.24, 2.45) is 0 Å². The molecule has 1 amide bonds. The van der Waals surface area contributed by atoms with Gasteiger partial charge in [0.2, 0.25) is 5.91 Å². The highest BCUT2D eigenvalue weighted by Crippen LogP contribution is 2.24. The summed E-state index contributed by atoms with van der Waals surface area (Å²) in [4.78, 5) is 25.0. The lowest BCUT2D eigenvalue weighted by Gasteiger charge is -2.28. The molecule has 2 aromatic rings. The van der Waals surface area contributed by atoms with Crippen LogP contribution in [0, 0.1) is 10.1 Å². The maximum atomic E-state index is 12.3. The van der Waals surface area contributed by atoms with Crippen molar-refractivity contribution in [2.45, 2.75) is 25.3 Å². The van der Waals surface area contributed by atoms with Gasteiger partial charge in [0.05, 0.1) is 17.4 Å². The minimum absolute atomic E-state index is 0.0346. The molecule has 0 aromatic heterocycles. The van der Waals surface area contributed by atoms with Crippen molar-refractivity contribution in [1.82, 2.24) is 10.2 Å². The highest BCUT2D eigenvalue weighted by atomic mass is 16.6. The maximum Gasteiger partial charge on any atom is 0.269 e. The smallest absolute Gasteiger partial charge is 0.269 e. The summed E-state index contributed by atoms with van der Waals surface area (Å²) in [5.74, 6) is -0.0704. The van der Waals surface area contributed by atoms with Crippen molar-refractivity contribution in [2.75, 3.05) is 19.6 Å². The Hall–Kier alpha value is -2.73. The van der Waals surface area contributed by atoms with Gasteiger partial charge in [-0.05, 0) is 37.1 Å². The van der Waals surface area contributed by atoms with Crippen molar-refractivity contribution in [1.29, 1.82) is 0 Å². The summed E-state index contributed by atoms with van der Waals surface area (Å²) in [6.45, 7) is 2.67. The molecule has 1 unspecified atom stereocenters. The number of carbonyl (C=O) groups excluding carboxylic acids is 1. The van der Waals surface area contributed by atoms with Gasteiger partial charge in [-0.3, -0.25) is 19.8 Å². The number of hydrogen-bond donors (Lipinski definition) is 1. The van der Waals surface area contributed by atoms with Crippen molar-refractivity contribution in [3.05, 3.63) is 75.8 Å². The molecule has 26 heavy (non-hydrogen) atoms. The average Bonchev–Trinajstić information content (AvgIpc) is 3.17. The lowest BCUT2D eigenvalue weighted by atomic mass is 10.1. The molecule has 136 valence electrons. The zero-order valence-electron chi connectivity index (χ0n) is 14.6. The van der Waals surface area contributed by atoms with E-state index in [-0.39, 0.29) is 24.1 Å². The molecule has 1 aliphatic heterocycles. The molecule has 1 atom stereocenters. The van der Waals surface area contributed by atoms with Gasteiger partial charge in [0.15, 0.2) is 0 Å². The molecule has 1 heterocycles. The second-order valence-electron chi connectivity index (χ2n) is 6.57. The number of nitrogens with zero attached hydrogens (tertiary/aromatic N) is 2. The average molecular weight is 353 g/mol. The Morgan fingerprint density at radius 1 is 1.08 bits per heavy atom. The summed E-state index contributed by atoms with van der Waals surface area (Å²) < 4.78 is 0. The highest BCUT2D eigenvalue weighted by molar-refractivity contribution is 5.78. The zero-order valence-corrected chi connectivity index (χ0v) is 14.6. The van der Waals surface area contributed by atoms with E-state index in [1.54, 1.807) is 12.1 Å². The molecule has 0 spiro atoms. The van der Waals surface area contributed by atoms with Crippen molar-refractivity contribution >= 4 is 11.6 Å². The Morgan fingerprint density at radius 3 is 2.35 bits per heavy atom. The van der Waals surface area contributed by atoms with Gasteiger partial charge in [0.1, 0.15) is 0 Å². The molecular formula is C20H23N3O3. The Balaban J connectivity index is 1.59. The fourth-order valence-electron chi connectivity index (χ4n) is 3.38. The fourth-order valence-corrected chi connectivity index (χ4v) is 3.38. The SMILES string of the molecule is O=C(Cc1ccc([N+](=O)[O-])cc1)NCC(c1ccccc1)N1CCCC1. The van der Waals surface area contributed by atoms with E-state index in [4.69, 9.17) is 0 Å². The van der Waals surface area contributed by atoms with E-state index in [1.165, 1.54) is 30.5 Å². The van der Waals surface area contributed by atoms with E-state index in [9.17, 15) is 14.9 Å². The third kappa shape index (κ3) is 4.67. The first-order valence-corrected chi connectivity index (χ1v) is 8.92. The van der Waals surface area contributed by atoms with Crippen LogP contribution in [0.2, 0.25) is 0 Å². The van der Waals surface area contributed by atoms with Gasteiger partial charge in [-0.15, -0.1) is 0 Å². The van der Waals surface area contributed by atoms with Crippen molar-refractivity contribution in [3.8, 4) is 0 Å². The summed E-state index contributed by atoms with van der Waals surface area (Å²) in [5, 5.41) is 13.7. The first kappa shape index (κ1) is 18.1. The molecule has 0 aliphatic carbocycles. The van der Waals surface area contributed by atoms with Crippen LogP contribution in [0.25, 0.3) is 0 Å². The quantitative estimate of drug-likeness (QED) is 0.613. The first-order chi connectivity index (χ1) is 12.6. The second-order valence-corrected chi connectivity index (χ2v) is 6.57. The van der Waals surface area contributed by atoms with Crippen LogP contribution in [-0.2, 0) is 11.2 Å². The molecule has 3 rings (SSSR count). The summed E-state index contributed by atoms with van der Waals surface area (Å²) in [6.07, 6.45) is 2.61. The number of nitro groups is 1. The van der Waals surface area contributed by atoms with E-state index in [0.717, 1.165) is 18.7 Å². The molecule has 0 saturated carbocycles. The summed E-state index contributed by atoms with van der Waals surface area (Å²) in [7, 11) is 0. The predicted molar refractivity (Wildman–Crippen MR) is 99.8 cm³/mol. The number of rotatable bonds is 7. The van der Waals surface area contributed by atoms with Crippen LogP contribution in [0.3, 0.4) is 0 Å². The zero-order chi connectivity index (χ0) is 18.4. The van der Waals surface area contributed by atoms with Gasteiger partial charge in [-0.25, -0.2) is 0 Å². The molecule has 0 bridgehead atoms. The minimum Gasteiger partial charge on any atom is -0.354 e. The first-order valence-electron chi connectivity index (χ1n) is 8.92. The number of carbonyl (C=O) groups is 1. The maximum absolute atomic E-state index is 12.3. The van der Waals surface area contributed by atoms with Crippen molar-refractivity contribution in [3.63, 3.8) is 0 Å². The van der Waals surface area contributed by atoms with E-state index in [0.29, 0.717) is 6.54 Å². The standard InChI is InChI=1S/C20H23N3O3/c24-20(14-16-8-10-18(11-9-16)23(25)26)21-15-19(22-12-4-5-13-22)17-6-2-1-3-7-17/h1-3,6-11,19H,4-5,12-15H2,(H,21,24). The third-order valence-electron chi connectivity index (χ3n) is 4.77. The monoisotopic (exact) mass is 353 g/mol. The molecule has 1 aliphatic rings. The number of amides is 1. The molecule has 0 radical (unpaired) electrons. The Bertz CT molecular complexity index is 741. The molecule has 1 saturated heterocycles. The van der Waals surface area contributed by atoms with Crippen LogP contribution in [0.5, 0.6) is 0 Å². The normalized spacial score (nSPS) is 15.5. The number of nitro benzene ring substituents is 1. The Labute approximate surface area is 153 Å². The van der Waals surface area contributed by atoms with Crippen LogP contribution >= 0.6 is 0 Å². The summed E-state index contributed by atoms with van der Waals surface area (Å²) >= 11 is 0. The highest BCUT2D eigenvalue weighted by Gasteiger charge is 2.23. The molecule has 2 aromatic carbocycles. The van der Waals surface area contributed by atoms with Crippen LogP contribution in [0.1, 0.15) is 30.0 Å². The number of nitrogens with one attached hydrogen (secondary N) is 1. The fraction of sp³-hybridized carbons (Fsp3) is 0.350. The lowest BCUT2D eigenvalue weighted by molar-refractivity contribution is -0.384. The predicted octanol–water partition coefficient (Wildman–Crippen LogP) is 3.09. The van der Waals surface area contributed by atoms with Crippen LogP contribution in [0.15, 0.2) is 54.6 Å². The molecule has 1 fully saturated rings. The van der Waals surface area contributed by atoms with E-state index >= 15 is 0 Å². The number of non-ortho nitro benzene ring substituents is 1. The van der Waals surface area contributed by atoms with E-state index < -0.39 is 4.92 Å². The Kier molecular flexibility index (Phi) is 5.96. The minimum atomic E-state index is -0.440. The molecular weight excluding hydrogens is 330 g/mol. The molecule has 1 N–H and O–H groups in total. The molecule has 6 nitrogen and oxygen atoms in total. The van der Waals surface area contributed by atoms with Gasteiger partial charge < -0.3 is 5.32 Å². The largest absolute Gasteiger partial charge is 0.354 e. The van der Waals surface area contributed by atoms with Crippen molar-refractivity contribution < 1.29 is 9.72 Å². The third-order valence-corrected chi connectivity index (χ3v) is 4.77. The summed E-state index contributed by atoms with van der Waals surface area (Å²) in [5.41, 5.74) is 2.02. The number of hydrogen-bond acceptors (Lipinski definition) is 4. The second kappa shape index (κ2) is 8.58. The van der Waals surface area contributed by atoms with Gasteiger partial charge in [0, 0.05) is 18.7 Å². The number of likely N-dealkylation sites (tertiary alicyclic amines) is 1. The van der Waals surface area contributed by atoms with Gasteiger partial charge in [-0.1, -0.05) is 42.5 Å². The summed E-state index contributed by atoms with van der Waals surface area (Å²) in [6, 6.07) is 16.6.